The summed E-state index contributed by atoms with van der Waals surface area (Å²) in [6, 6.07) is 0. The zero-order chi connectivity index (χ0) is 10.9. The first-order valence-corrected chi connectivity index (χ1v) is 5.37. The largest absolute Gasteiger partial charge is 0.303 e. The second-order valence-electron chi connectivity index (χ2n) is 5.43. The van der Waals surface area contributed by atoms with Gasteiger partial charge in [-0.15, -0.1) is 0 Å². The van der Waals surface area contributed by atoms with E-state index in [1.165, 1.54) is 6.42 Å². The molecule has 0 bridgehead atoms. The van der Waals surface area contributed by atoms with Crippen LogP contribution in [0, 0.1) is 11.3 Å². The SMILES string of the molecule is CCC(C)(C)C(C)(C(C)C)N(C)C. The highest BCUT2D eigenvalue weighted by Crippen LogP contribution is 2.42. The third-order valence-corrected chi connectivity index (χ3v) is 4.31. The fourth-order valence-corrected chi connectivity index (χ4v) is 2.26. The van der Waals surface area contributed by atoms with E-state index in [4.69, 9.17) is 0 Å². The van der Waals surface area contributed by atoms with Gasteiger partial charge in [0.05, 0.1) is 0 Å². The molecule has 0 aliphatic carbocycles. The molecule has 0 radical (unpaired) electrons. The van der Waals surface area contributed by atoms with E-state index in [0.717, 1.165) is 0 Å². The molecule has 80 valence electrons. The van der Waals surface area contributed by atoms with Crippen LogP contribution in [0.15, 0.2) is 0 Å². The lowest BCUT2D eigenvalue weighted by atomic mass is 9.65. The fourth-order valence-electron chi connectivity index (χ4n) is 2.26. The Morgan fingerprint density at radius 3 is 1.54 bits per heavy atom. The highest BCUT2D eigenvalue weighted by molar-refractivity contribution is 4.98. The van der Waals surface area contributed by atoms with Crippen molar-refractivity contribution in [1.29, 1.82) is 0 Å². The van der Waals surface area contributed by atoms with Crippen LogP contribution in [0.1, 0.15) is 48.0 Å². The van der Waals surface area contributed by atoms with Gasteiger partial charge in [-0.05, 0) is 38.8 Å². The van der Waals surface area contributed by atoms with E-state index >= 15 is 0 Å². The third-order valence-electron chi connectivity index (χ3n) is 4.31. The van der Waals surface area contributed by atoms with Crippen LogP contribution in [0.2, 0.25) is 0 Å². The van der Waals surface area contributed by atoms with Crippen LogP contribution < -0.4 is 0 Å². The normalized spacial score (nSPS) is 18.0. The van der Waals surface area contributed by atoms with Crippen LogP contribution in [-0.4, -0.2) is 24.5 Å². The summed E-state index contributed by atoms with van der Waals surface area (Å²) < 4.78 is 0. The Morgan fingerprint density at radius 1 is 1.08 bits per heavy atom. The van der Waals surface area contributed by atoms with Crippen LogP contribution in [0.3, 0.4) is 0 Å². The van der Waals surface area contributed by atoms with Crippen molar-refractivity contribution in [2.75, 3.05) is 14.1 Å². The molecule has 0 heterocycles. The maximum atomic E-state index is 2.38. The summed E-state index contributed by atoms with van der Waals surface area (Å²) in [5.41, 5.74) is 0.645. The van der Waals surface area contributed by atoms with E-state index in [-0.39, 0.29) is 5.54 Å². The molecule has 0 aromatic rings. The Labute approximate surface area is 84.5 Å². The summed E-state index contributed by atoms with van der Waals surface area (Å²) in [7, 11) is 4.38. The van der Waals surface area contributed by atoms with Crippen molar-refractivity contribution in [2.45, 2.75) is 53.5 Å². The number of rotatable bonds is 4. The van der Waals surface area contributed by atoms with Gasteiger partial charge in [-0.1, -0.05) is 34.6 Å². The summed E-state index contributed by atoms with van der Waals surface area (Å²) in [5.74, 6) is 0.678. The fraction of sp³-hybridized carbons (Fsp3) is 1.00. The highest BCUT2D eigenvalue weighted by Gasteiger charge is 2.43. The van der Waals surface area contributed by atoms with Gasteiger partial charge >= 0.3 is 0 Å². The first kappa shape index (κ1) is 13.0. The standard InChI is InChI=1S/C12H27N/c1-9-11(4,5)12(6,10(2)3)13(7)8/h10H,9H2,1-8H3. The molecule has 0 aliphatic heterocycles. The van der Waals surface area contributed by atoms with Gasteiger partial charge in [0, 0.05) is 5.54 Å². The van der Waals surface area contributed by atoms with Gasteiger partial charge in [0.2, 0.25) is 0 Å². The minimum Gasteiger partial charge on any atom is -0.303 e. The second kappa shape index (κ2) is 4.00. The molecule has 0 aromatic carbocycles. The van der Waals surface area contributed by atoms with Gasteiger partial charge in [0.1, 0.15) is 0 Å². The van der Waals surface area contributed by atoms with Gasteiger partial charge in [0.15, 0.2) is 0 Å². The van der Waals surface area contributed by atoms with E-state index in [2.05, 4.69) is 60.5 Å². The van der Waals surface area contributed by atoms with E-state index < -0.39 is 0 Å². The molecule has 0 aromatic heterocycles. The molecule has 0 amide bonds. The lowest BCUT2D eigenvalue weighted by molar-refractivity contribution is -0.00970. The maximum Gasteiger partial charge on any atom is 0.0249 e. The van der Waals surface area contributed by atoms with E-state index in [1.54, 1.807) is 0 Å². The van der Waals surface area contributed by atoms with Crippen molar-refractivity contribution in [1.82, 2.24) is 4.90 Å². The summed E-state index contributed by atoms with van der Waals surface area (Å²) in [5, 5.41) is 0. The molecule has 13 heavy (non-hydrogen) atoms. The van der Waals surface area contributed by atoms with Crippen LogP contribution >= 0.6 is 0 Å². The molecule has 1 nitrogen and oxygen atoms in total. The minimum absolute atomic E-state index is 0.280. The summed E-state index contributed by atoms with van der Waals surface area (Å²) in [6.07, 6.45) is 1.22. The Hall–Kier alpha value is -0.0400. The van der Waals surface area contributed by atoms with Crippen molar-refractivity contribution in [3.05, 3.63) is 0 Å². The van der Waals surface area contributed by atoms with E-state index in [0.29, 0.717) is 11.3 Å². The second-order valence-corrected chi connectivity index (χ2v) is 5.43. The van der Waals surface area contributed by atoms with Gasteiger partial charge in [0.25, 0.3) is 0 Å². The molecular weight excluding hydrogens is 158 g/mol. The zero-order valence-corrected chi connectivity index (χ0v) is 10.7. The number of hydrogen-bond acceptors (Lipinski definition) is 1. The average Bonchev–Trinajstić information content (AvgIpc) is 2.01. The highest BCUT2D eigenvalue weighted by atomic mass is 15.2. The molecule has 0 N–H and O–H groups in total. The lowest BCUT2D eigenvalue weighted by Crippen LogP contribution is -2.56. The summed E-state index contributed by atoms with van der Waals surface area (Å²) in [4.78, 5) is 2.38. The Morgan fingerprint density at radius 2 is 1.46 bits per heavy atom. The molecule has 1 unspecified atom stereocenters. The summed E-state index contributed by atoms with van der Waals surface area (Å²) >= 11 is 0. The minimum atomic E-state index is 0.280. The van der Waals surface area contributed by atoms with Crippen molar-refractivity contribution in [2.24, 2.45) is 11.3 Å². The maximum absolute atomic E-state index is 2.38. The average molecular weight is 185 g/mol. The molecule has 0 saturated carbocycles. The van der Waals surface area contributed by atoms with Crippen LogP contribution in [0.5, 0.6) is 0 Å². The predicted molar refractivity (Wildman–Crippen MR) is 61.0 cm³/mol. The Bertz CT molecular complexity index is 149. The zero-order valence-electron chi connectivity index (χ0n) is 10.7. The molecule has 1 atom stereocenters. The molecule has 1 heteroatoms. The first-order valence-electron chi connectivity index (χ1n) is 5.37. The molecular formula is C12H27N. The Balaban J connectivity index is 5.01. The lowest BCUT2D eigenvalue weighted by Gasteiger charge is -2.52. The first-order chi connectivity index (χ1) is 5.70. The molecule has 0 rings (SSSR count). The monoisotopic (exact) mass is 185 g/mol. The smallest absolute Gasteiger partial charge is 0.0249 e. The van der Waals surface area contributed by atoms with Gasteiger partial charge in [-0.3, -0.25) is 0 Å². The van der Waals surface area contributed by atoms with E-state index in [9.17, 15) is 0 Å². The quantitative estimate of drug-likeness (QED) is 0.649. The van der Waals surface area contributed by atoms with Crippen LogP contribution in [0.4, 0.5) is 0 Å². The van der Waals surface area contributed by atoms with Crippen LogP contribution in [-0.2, 0) is 0 Å². The molecule has 0 spiro atoms. The van der Waals surface area contributed by atoms with Gasteiger partial charge in [-0.2, -0.15) is 0 Å². The Kier molecular flexibility index (Phi) is 3.98. The van der Waals surface area contributed by atoms with Crippen molar-refractivity contribution in [3.63, 3.8) is 0 Å². The third kappa shape index (κ3) is 2.07. The van der Waals surface area contributed by atoms with Gasteiger partial charge < -0.3 is 4.90 Å². The molecule has 0 fully saturated rings. The topological polar surface area (TPSA) is 3.24 Å². The van der Waals surface area contributed by atoms with Crippen molar-refractivity contribution in [3.8, 4) is 0 Å². The van der Waals surface area contributed by atoms with E-state index in [1.807, 2.05) is 0 Å². The molecule has 0 saturated heterocycles. The van der Waals surface area contributed by atoms with Gasteiger partial charge in [-0.25, -0.2) is 0 Å². The van der Waals surface area contributed by atoms with Crippen LogP contribution in [0.25, 0.3) is 0 Å². The molecule has 0 aliphatic rings. The summed E-state index contributed by atoms with van der Waals surface area (Å²) in [6.45, 7) is 14.0. The van der Waals surface area contributed by atoms with Crippen molar-refractivity contribution < 1.29 is 0 Å². The predicted octanol–water partition coefficient (Wildman–Crippen LogP) is 3.40. The number of nitrogens with zero attached hydrogens (tertiary/aromatic N) is 1. The number of hydrogen-bond donors (Lipinski definition) is 0. The van der Waals surface area contributed by atoms with Crippen molar-refractivity contribution >= 4 is 0 Å².